The summed E-state index contributed by atoms with van der Waals surface area (Å²) in [4.78, 5) is 0.712. The third-order valence-corrected chi connectivity index (χ3v) is 3.82. The molecule has 2 rings (SSSR count). The van der Waals surface area contributed by atoms with Crippen LogP contribution in [0, 0.1) is 5.82 Å². The van der Waals surface area contributed by atoms with Gasteiger partial charge < -0.3 is 10.5 Å². The Morgan fingerprint density at radius 1 is 1.44 bits per heavy atom. The summed E-state index contributed by atoms with van der Waals surface area (Å²) in [5.41, 5.74) is 7.77. The molecule has 0 saturated carbocycles. The van der Waals surface area contributed by atoms with Crippen LogP contribution in [0.4, 0.5) is 10.1 Å². The van der Waals surface area contributed by atoms with Crippen molar-refractivity contribution in [3.63, 3.8) is 0 Å². The monoisotopic (exact) mass is 285 g/mol. The largest absolute Gasteiger partial charge is 0.488 e. The van der Waals surface area contributed by atoms with Crippen molar-refractivity contribution in [3.05, 3.63) is 23.5 Å². The van der Waals surface area contributed by atoms with E-state index in [-0.39, 0.29) is 11.9 Å². The lowest BCUT2D eigenvalue weighted by molar-refractivity contribution is 0.230. The van der Waals surface area contributed by atoms with Gasteiger partial charge >= 0.3 is 0 Å². The highest BCUT2D eigenvalue weighted by Gasteiger charge is 2.12. The highest BCUT2D eigenvalue weighted by molar-refractivity contribution is 8.01. The fraction of sp³-hybridized carbons (Fsp3) is 0.273. The molecule has 7 heteroatoms. The molecule has 0 aliphatic rings. The van der Waals surface area contributed by atoms with Crippen molar-refractivity contribution in [2.75, 3.05) is 5.73 Å². The van der Waals surface area contributed by atoms with E-state index in [1.165, 1.54) is 29.2 Å². The zero-order valence-corrected chi connectivity index (χ0v) is 11.5. The molecule has 0 aliphatic heterocycles. The van der Waals surface area contributed by atoms with Crippen LogP contribution in [0.3, 0.4) is 0 Å². The molecule has 0 spiro atoms. The van der Waals surface area contributed by atoms with Crippen molar-refractivity contribution in [1.82, 2.24) is 10.2 Å². The van der Waals surface area contributed by atoms with Gasteiger partial charge in [0.15, 0.2) is 15.9 Å². The van der Waals surface area contributed by atoms with Crippen LogP contribution in [0.25, 0.3) is 0 Å². The van der Waals surface area contributed by atoms with Gasteiger partial charge in [-0.1, -0.05) is 23.1 Å². The van der Waals surface area contributed by atoms with E-state index in [0.717, 1.165) is 4.34 Å². The first-order chi connectivity index (χ1) is 8.56. The van der Waals surface area contributed by atoms with Crippen molar-refractivity contribution >= 4 is 28.8 Å². The van der Waals surface area contributed by atoms with Gasteiger partial charge in [0.05, 0.1) is 6.10 Å². The number of nitrogens with two attached hydrogens (primary N) is 1. The fourth-order valence-corrected chi connectivity index (χ4v) is 2.77. The molecule has 96 valence electrons. The summed E-state index contributed by atoms with van der Waals surface area (Å²) in [6.07, 6.45) is -0.0949. The lowest BCUT2D eigenvalue weighted by Gasteiger charge is -2.12. The van der Waals surface area contributed by atoms with Gasteiger partial charge in [-0.3, -0.25) is 0 Å². The molecule has 1 heterocycles. The Balaban J connectivity index is 2.29. The van der Waals surface area contributed by atoms with Crippen LogP contribution >= 0.6 is 23.1 Å². The average molecular weight is 285 g/mol. The van der Waals surface area contributed by atoms with Crippen molar-refractivity contribution < 1.29 is 9.13 Å². The number of benzene rings is 1. The molecular weight excluding hydrogens is 273 g/mol. The lowest BCUT2D eigenvalue weighted by atomic mass is 10.3. The topological polar surface area (TPSA) is 61.0 Å². The number of rotatable bonds is 4. The zero-order chi connectivity index (χ0) is 13.1. The van der Waals surface area contributed by atoms with Gasteiger partial charge in [-0.25, -0.2) is 4.39 Å². The highest BCUT2D eigenvalue weighted by atomic mass is 32.2. The van der Waals surface area contributed by atoms with Crippen LogP contribution in [0.1, 0.15) is 13.8 Å². The molecule has 0 bridgehead atoms. The maximum Gasteiger partial charge on any atom is 0.178 e. The van der Waals surface area contributed by atoms with Gasteiger partial charge in [0.25, 0.3) is 0 Å². The third-order valence-electron chi connectivity index (χ3n) is 1.96. The molecule has 0 unspecified atom stereocenters. The van der Waals surface area contributed by atoms with Gasteiger partial charge in [0.2, 0.25) is 0 Å². The van der Waals surface area contributed by atoms with Crippen molar-refractivity contribution in [2.45, 2.75) is 29.2 Å². The fourth-order valence-electron chi connectivity index (χ4n) is 1.28. The van der Waals surface area contributed by atoms with E-state index in [1.54, 1.807) is 11.6 Å². The molecule has 2 N–H and O–H groups in total. The summed E-state index contributed by atoms with van der Waals surface area (Å²) in [6, 6.07) is 2.86. The summed E-state index contributed by atoms with van der Waals surface area (Å²) < 4.78 is 19.8. The molecule has 4 nitrogen and oxygen atoms in total. The first-order valence-electron chi connectivity index (χ1n) is 5.26. The second kappa shape index (κ2) is 5.53. The van der Waals surface area contributed by atoms with Gasteiger partial charge in [-0.2, -0.15) is 0 Å². The molecular formula is C11H12FN3OS2. The normalized spacial score (nSPS) is 10.9. The maximum absolute atomic E-state index is 13.6. The number of nitrogens with zero attached hydrogens (tertiary/aromatic N) is 2. The molecule has 18 heavy (non-hydrogen) atoms. The Bertz CT molecular complexity index is 531. The Hall–Kier alpha value is -1.34. The van der Waals surface area contributed by atoms with E-state index < -0.39 is 5.82 Å². The Morgan fingerprint density at radius 3 is 2.83 bits per heavy atom. The number of hydrogen-bond donors (Lipinski definition) is 1. The number of aromatic nitrogens is 2. The minimum Gasteiger partial charge on any atom is -0.488 e. The number of ether oxygens (including phenoxy) is 1. The van der Waals surface area contributed by atoms with Crippen molar-refractivity contribution in [3.8, 4) is 5.75 Å². The van der Waals surface area contributed by atoms with E-state index in [1.807, 2.05) is 13.8 Å². The number of halogens is 1. The van der Waals surface area contributed by atoms with E-state index >= 15 is 0 Å². The highest BCUT2D eigenvalue weighted by Crippen LogP contribution is 2.36. The predicted octanol–water partition coefficient (Wildman–Crippen LogP) is 3.20. The van der Waals surface area contributed by atoms with Crippen LogP contribution in [0.15, 0.2) is 26.9 Å². The Labute approximate surface area is 112 Å². The average Bonchev–Trinajstić information content (AvgIpc) is 2.77. The summed E-state index contributed by atoms with van der Waals surface area (Å²) >= 11 is 2.75. The quantitative estimate of drug-likeness (QED) is 0.874. The zero-order valence-electron chi connectivity index (χ0n) is 9.88. The van der Waals surface area contributed by atoms with E-state index in [9.17, 15) is 4.39 Å². The van der Waals surface area contributed by atoms with Crippen LogP contribution in [-0.4, -0.2) is 16.3 Å². The van der Waals surface area contributed by atoms with E-state index in [4.69, 9.17) is 10.5 Å². The van der Waals surface area contributed by atoms with Gasteiger partial charge in [0, 0.05) is 16.6 Å². The van der Waals surface area contributed by atoms with Crippen LogP contribution in [0.5, 0.6) is 5.75 Å². The SMILES string of the molecule is CC(C)Oc1cc(Sc2nncs2)c(N)cc1F. The van der Waals surface area contributed by atoms with Gasteiger partial charge in [-0.05, 0) is 19.9 Å². The maximum atomic E-state index is 13.6. The number of nitrogen functional groups attached to an aromatic ring is 1. The standard InChI is InChI=1S/C11H12FN3OS2/c1-6(2)16-9-4-10(8(13)3-7(9)12)18-11-15-14-5-17-11/h3-6H,13H2,1-2H3. The first-order valence-corrected chi connectivity index (χ1v) is 6.95. The molecule has 0 fully saturated rings. The molecule has 1 aromatic heterocycles. The van der Waals surface area contributed by atoms with E-state index in [2.05, 4.69) is 10.2 Å². The van der Waals surface area contributed by atoms with Crippen LogP contribution < -0.4 is 10.5 Å². The molecule has 0 amide bonds. The summed E-state index contributed by atoms with van der Waals surface area (Å²) in [7, 11) is 0. The molecule has 1 aromatic carbocycles. The Morgan fingerprint density at radius 2 is 2.22 bits per heavy atom. The Kier molecular flexibility index (Phi) is 4.03. The molecule has 2 aromatic rings. The van der Waals surface area contributed by atoms with Crippen LogP contribution in [-0.2, 0) is 0 Å². The van der Waals surface area contributed by atoms with E-state index in [0.29, 0.717) is 10.6 Å². The molecule has 0 radical (unpaired) electrons. The van der Waals surface area contributed by atoms with Crippen molar-refractivity contribution in [1.29, 1.82) is 0 Å². The summed E-state index contributed by atoms with van der Waals surface area (Å²) in [5, 5.41) is 7.64. The lowest BCUT2D eigenvalue weighted by Crippen LogP contribution is -2.07. The third kappa shape index (κ3) is 3.11. The van der Waals surface area contributed by atoms with Crippen molar-refractivity contribution in [2.24, 2.45) is 0 Å². The predicted molar refractivity (Wildman–Crippen MR) is 70.6 cm³/mol. The second-order valence-electron chi connectivity index (χ2n) is 3.79. The summed E-state index contributed by atoms with van der Waals surface area (Å²) in [6.45, 7) is 3.68. The van der Waals surface area contributed by atoms with Gasteiger partial charge in [-0.15, -0.1) is 10.2 Å². The second-order valence-corrected chi connectivity index (χ2v) is 5.92. The first kappa shape index (κ1) is 13.1. The molecule has 0 aliphatic carbocycles. The minimum absolute atomic E-state index is 0.0949. The molecule has 0 atom stereocenters. The molecule has 0 saturated heterocycles. The smallest absolute Gasteiger partial charge is 0.178 e. The summed E-state index contributed by atoms with van der Waals surface area (Å²) in [5.74, 6) is -0.256. The number of anilines is 1. The van der Waals surface area contributed by atoms with Gasteiger partial charge in [0.1, 0.15) is 5.51 Å². The number of hydrogen-bond acceptors (Lipinski definition) is 6. The van der Waals surface area contributed by atoms with Crippen LogP contribution in [0.2, 0.25) is 0 Å². The minimum atomic E-state index is -0.456.